The van der Waals surface area contributed by atoms with Crippen molar-refractivity contribution >= 4 is 51.2 Å². The van der Waals surface area contributed by atoms with Gasteiger partial charge in [-0.05, 0) is 52.7 Å². The number of para-hydroxylation sites is 1. The average Bonchev–Trinajstić information content (AvgIpc) is 2.64. The number of nitrogens with zero attached hydrogens (tertiary/aromatic N) is 1. The lowest BCUT2D eigenvalue weighted by atomic mass is 10.2. The number of ether oxygens (including phenoxy) is 2. The van der Waals surface area contributed by atoms with Gasteiger partial charge in [-0.25, -0.2) is 5.43 Å². The molecule has 2 aromatic rings. The van der Waals surface area contributed by atoms with Crippen LogP contribution in [0.4, 0.5) is 5.69 Å². The molecule has 0 bridgehead atoms. The van der Waals surface area contributed by atoms with Crippen LogP contribution in [0.1, 0.15) is 18.9 Å². The highest BCUT2D eigenvalue weighted by Crippen LogP contribution is 2.36. The Labute approximate surface area is 176 Å². The molecule has 2 amide bonds. The summed E-state index contributed by atoms with van der Waals surface area (Å²) in [6.07, 6.45) is 1.05. The van der Waals surface area contributed by atoms with E-state index in [4.69, 9.17) is 21.1 Å². The number of carbonyl (C=O) groups excluding carboxylic acids is 2. The van der Waals surface area contributed by atoms with Gasteiger partial charge in [0.2, 0.25) is 11.8 Å². The summed E-state index contributed by atoms with van der Waals surface area (Å²) < 4.78 is 11.5. The van der Waals surface area contributed by atoms with Crippen LogP contribution in [0.2, 0.25) is 5.02 Å². The predicted octanol–water partition coefficient (Wildman–Crippen LogP) is 3.99. The number of nitrogens with one attached hydrogen (secondary N) is 2. The Kier molecular flexibility index (Phi) is 8.28. The summed E-state index contributed by atoms with van der Waals surface area (Å²) in [5, 5.41) is 6.83. The fourth-order valence-electron chi connectivity index (χ4n) is 2.24. The van der Waals surface area contributed by atoms with E-state index in [2.05, 4.69) is 31.8 Å². The van der Waals surface area contributed by atoms with E-state index in [1.165, 1.54) is 6.21 Å². The van der Waals surface area contributed by atoms with E-state index in [1.54, 1.807) is 43.5 Å². The highest BCUT2D eigenvalue weighted by molar-refractivity contribution is 9.10. The molecule has 148 valence electrons. The van der Waals surface area contributed by atoms with Crippen LogP contribution in [0.15, 0.2) is 46.0 Å². The molecule has 2 aromatic carbocycles. The van der Waals surface area contributed by atoms with Gasteiger partial charge in [0, 0.05) is 0 Å². The van der Waals surface area contributed by atoms with Crippen molar-refractivity contribution in [1.82, 2.24) is 5.43 Å². The normalized spacial score (nSPS) is 10.6. The van der Waals surface area contributed by atoms with Gasteiger partial charge >= 0.3 is 0 Å². The number of hydrazone groups is 1. The molecular weight excluding hydrogens is 450 g/mol. The van der Waals surface area contributed by atoms with Crippen molar-refractivity contribution in [2.45, 2.75) is 13.3 Å². The van der Waals surface area contributed by atoms with E-state index in [-0.39, 0.29) is 6.42 Å². The predicted molar refractivity (Wildman–Crippen MR) is 112 cm³/mol. The molecule has 0 saturated heterocycles. The first-order chi connectivity index (χ1) is 13.4. The van der Waals surface area contributed by atoms with Crippen LogP contribution in [-0.2, 0) is 9.59 Å². The lowest BCUT2D eigenvalue weighted by Gasteiger charge is -2.11. The number of hydrogen-bond donors (Lipinski definition) is 2. The Hall–Kier alpha value is -2.58. The fraction of sp³-hybridized carbons (Fsp3) is 0.211. The number of anilines is 1. The van der Waals surface area contributed by atoms with Crippen molar-refractivity contribution < 1.29 is 19.1 Å². The van der Waals surface area contributed by atoms with Gasteiger partial charge < -0.3 is 14.8 Å². The molecule has 0 aliphatic rings. The minimum atomic E-state index is -0.557. The number of rotatable bonds is 8. The van der Waals surface area contributed by atoms with Crippen molar-refractivity contribution in [3.05, 3.63) is 51.5 Å². The smallest absolute Gasteiger partial charge is 0.249 e. The molecule has 0 aliphatic carbocycles. The molecule has 7 nitrogen and oxygen atoms in total. The molecule has 28 heavy (non-hydrogen) atoms. The van der Waals surface area contributed by atoms with Gasteiger partial charge in [-0.1, -0.05) is 23.7 Å². The standard InChI is InChI=1S/C19H19BrClN3O4/c1-3-28-16-9-12(8-13(20)19(16)27-2)11-22-24-18(26)10-17(25)23-15-7-5-4-6-14(15)21/h4-9,11H,3,10H2,1-2H3,(H,23,25)(H,24,26). The monoisotopic (exact) mass is 467 g/mol. The van der Waals surface area contributed by atoms with E-state index in [0.717, 1.165) is 0 Å². The first kappa shape index (κ1) is 21.7. The molecule has 9 heteroatoms. The third-order valence-corrected chi connectivity index (χ3v) is 4.33. The largest absolute Gasteiger partial charge is 0.492 e. The summed E-state index contributed by atoms with van der Waals surface area (Å²) in [6.45, 7) is 2.34. The molecule has 0 saturated carbocycles. The van der Waals surface area contributed by atoms with Gasteiger partial charge in [-0.2, -0.15) is 5.10 Å². The van der Waals surface area contributed by atoms with Crippen LogP contribution in [0.3, 0.4) is 0 Å². The van der Waals surface area contributed by atoms with Gasteiger partial charge in [-0.15, -0.1) is 0 Å². The lowest BCUT2D eigenvalue weighted by Crippen LogP contribution is -2.24. The van der Waals surface area contributed by atoms with Gasteiger partial charge in [0.25, 0.3) is 0 Å². The quantitative estimate of drug-likeness (QED) is 0.348. The number of carbonyl (C=O) groups is 2. The first-order valence-corrected chi connectivity index (χ1v) is 9.48. The molecule has 0 heterocycles. The van der Waals surface area contributed by atoms with Crippen molar-refractivity contribution in [1.29, 1.82) is 0 Å². The number of halogens is 2. The molecule has 2 rings (SSSR count). The second-order valence-corrected chi connectivity index (χ2v) is 6.73. The Balaban J connectivity index is 1.94. The lowest BCUT2D eigenvalue weighted by molar-refractivity contribution is -0.126. The minimum Gasteiger partial charge on any atom is -0.492 e. The molecular formula is C19H19BrClN3O4. The summed E-state index contributed by atoms with van der Waals surface area (Å²) in [4.78, 5) is 23.8. The average molecular weight is 469 g/mol. The van der Waals surface area contributed by atoms with Crippen molar-refractivity contribution in [2.75, 3.05) is 19.0 Å². The Bertz CT molecular complexity index is 889. The van der Waals surface area contributed by atoms with Crippen molar-refractivity contribution in [3.8, 4) is 11.5 Å². The summed E-state index contributed by atoms with van der Waals surface area (Å²) in [7, 11) is 1.55. The molecule has 0 fully saturated rings. The maximum absolute atomic E-state index is 11.9. The number of methoxy groups -OCH3 is 1. The Morgan fingerprint density at radius 1 is 1.25 bits per heavy atom. The number of amides is 2. The third-order valence-electron chi connectivity index (χ3n) is 3.41. The zero-order valence-corrected chi connectivity index (χ0v) is 17.6. The van der Waals surface area contributed by atoms with E-state index < -0.39 is 11.8 Å². The molecule has 0 spiro atoms. The van der Waals surface area contributed by atoms with E-state index >= 15 is 0 Å². The highest BCUT2D eigenvalue weighted by Gasteiger charge is 2.12. The van der Waals surface area contributed by atoms with Crippen LogP contribution < -0.4 is 20.2 Å². The number of benzene rings is 2. The molecule has 0 atom stereocenters. The molecule has 0 unspecified atom stereocenters. The van der Waals surface area contributed by atoms with Gasteiger partial charge in [0.1, 0.15) is 6.42 Å². The molecule has 0 aromatic heterocycles. The molecule has 2 N–H and O–H groups in total. The minimum absolute atomic E-state index is 0.390. The van der Waals surface area contributed by atoms with Gasteiger partial charge in [0.05, 0.1) is 35.1 Å². The van der Waals surface area contributed by atoms with Crippen LogP contribution in [-0.4, -0.2) is 31.7 Å². The van der Waals surface area contributed by atoms with Crippen LogP contribution in [0.5, 0.6) is 11.5 Å². The van der Waals surface area contributed by atoms with Crippen LogP contribution in [0, 0.1) is 0 Å². The maximum Gasteiger partial charge on any atom is 0.249 e. The fourth-order valence-corrected chi connectivity index (χ4v) is 3.05. The zero-order valence-electron chi connectivity index (χ0n) is 15.3. The summed E-state index contributed by atoms with van der Waals surface area (Å²) in [5.41, 5.74) is 3.43. The molecule has 0 radical (unpaired) electrons. The maximum atomic E-state index is 11.9. The second kappa shape index (κ2) is 10.7. The second-order valence-electron chi connectivity index (χ2n) is 5.47. The number of hydrogen-bond acceptors (Lipinski definition) is 5. The van der Waals surface area contributed by atoms with E-state index in [0.29, 0.717) is 38.9 Å². The van der Waals surface area contributed by atoms with Crippen LogP contribution >= 0.6 is 27.5 Å². The summed E-state index contributed by atoms with van der Waals surface area (Å²) >= 11 is 9.37. The zero-order chi connectivity index (χ0) is 20.5. The van der Waals surface area contributed by atoms with Crippen LogP contribution in [0.25, 0.3) is 0 Å². The van der Waals surface area contributed by atoms with E-state index in [1.807, 2.05) is 6.92 Å². The SMILES string of the molecule is CCOc1cc(C=NNC(=O)CC(=O)Nc2ccccc2Cl)cc(Br)c1OC. The summed E-state index contributed by atoms with van der Waals surface area (Å²) in [5.74, 6) is 0.0654. The summed E-state index contributed by atoms with van der Waals surface area (Å²) in [6, 6.07) is 10.3. The Morgan fingerprint density at radius 3 is 2.68 bits per heavy atom. The first-order valence-electron chi connectivity index (χ1n) is 8.31. The topological polar surface area (TPSA) is 89.0 Å². The van der Waals surface area contributed by atoms with Crippen molar-refractivity contribution in [2.24, 2.45) is 5.10 Å². The van der Waals surface area contributed by atoms with Gasteiger partial charge in [-0.3, -0.25) is 9.59 Å². The highest BCUT2D eigenvalue weighted by atomic mass is 79.9. The van der Waals surface area contributed by atoms with Gasteiger partial charge in [0.15, 0.2) is 11.5 Å². The van der Waals surface area contributed by atoms with Crippen molar-refractivity contribution in [3.63, 3.8) is 0 Å². The van der Waals surface area contributed by atoms with E-state index in [9.17, 15) is 9.59 Å². The molecule has 0 aliphatic heterocycles. The third kappa shape index (κ3) is 6.24. The Morgan fingerprint density at radius 2 is 2.00 bits per heavy atom.